The molecule has 1 unspecified atom stereocenters. The maximum atomic E-state index is 5.37. The Bertz CT molecular complexity index is 579. The van der Waals surface area contributed by atoms with Gasteiger partial charge in [0.05, 0.1) is 20.3 Å². The van der Waals surface area contributed by atoms with E-state index in [0.717, 1.165) is 17.1 Å². The largest absolute Gasteiger partial charge is 0.497 e. The lowest BCUT2D eigenvalue weighted by Crippen LogP contribution is -2.18. The SMILES string of the molecule is CNC(c1cc(OC)cc(OC)c1)c1ccccc1SC. The first-order chi connectivity index (χ1) is 10.2. The molecule has 2 rings (SSSR count). The van der Waals surface area contributed by atoms with Crippen molar-refractivity contribution in [2.24, 2.45) is 0 Å². The predicted octanol–water partition coefficient (Wildman–Crippen LogP) is 3.73. The molecule has 3 nitrogen and oxygen atoms in total. The maximum absolute atomic E-state index is 5.37. The number of nitrogens with one attached hydrogen (secondary N) is 1. The number of hydrogen-bond donors (Lipinski definition) is 1. The number of rotatable bonds is 6. The molecule has 112 valence electrons. The van der Waals surface area contributed by atoms with E-state index in [9.17, 15) is 0 Å². The molecule has 0 bridgehead atoms. The second-order valence-electron chi connectivity index (χ2n) is 4.61. The van der Waals surface area contributed by atoms with Gasteiger partial charge in [-0.1, -0.05) is 18.2 Å². The molecule has 0 saturated heterocycles. The van der Waals surface area contributed by atoms with Crippen LogP contribution in [0.15, 0.2) is 47.4 Å². The minimum atomic E-state index is 0.0950. The lowest BCUT2D eigenvalue weighted by Gasteiger charge is -2.21. The van der Waals surface area contributed by atoms with Gasteiger partial charge in [-0.15, -0.1) is 11.8 Å². The van der Waals surface area contributed by atoms with Gasteiger partial charge in [-0.3, -0.25) is 0 Å². The Labute approximate surface area is 130 Å². The Morgan fingerprint density at radius 3 is 2.14 bits per heavy atom. The zero-order chi connectivity index (χ0) is 15.2. The predicted molar refractivity (Wildman–Crippen MR) is 88.7 cm³/mol. The summed E-state index contributed by atoms with van der Waals surface area (Å²) < 4.78 is 10.7. The second kappa shape index (κ2) is 7.38. The first kappa shape index (κ1) is 15.7. The molecule has 0 aliphatic carbocycles. The van der Waals surface area contributed by atoms with Crippen LogP contribution in [0.3, 0.4) is 0 Å². The topological polar surface area (TPSA) is 30.5 Å². The molecule has 1 atom stereocenters. The molecular weight excluding hydrogens is 282 g/mol. The zero-order valence-electron chi connectivity index (χ0n) is 12.8. The second-order valence-corrected chi connectivity index (χ2v) is 5.46. The van der Waals surface area contributed by atoms with Crippen molar-refractivity contribution in [2.75, 3.05) is 27.5 Å². The van der Waals surface area contributed by atoms with Crippen molar-refractivity contribution >= 4 is 11.8 Å². The van der Waals surface area contributed by atoms with Gasteiger partial charge in [0.25, 0.3) is 0 Å². The highest BCUT2D eigenvalue weighted by atomic mass is 32.2. The molecule has 0 aromatic heterocycles. The molecule has 21 heavy (non-hydrogen) atoms. The van der Waals surface area contributed by atoms with E-state index in [2.05, 4.69) is 35.8 Å². The molecule has 1 N–H and O–H groups in total. The quantitative estimate of drug-likeness (QED) is 0.824. The van der Waals surface area contributed by atoms with E-state index in [4.69, 9.17) is 9.47 Å². The van der Waals surface area contributed by atoms with E-state index in [1.807, 2.05) is 25.2 Å². The molecule has 4 heteroatoms. The lowest BCUT2D eigenvalue weighted by atomic mass is 9.98. The first-order valence-electron chi connectivity index (χ1n) is 6.76. The van der Waals surface area contributed by atoms with Crippen molar-refractivity contribution in [1.29, 1.82) is 0 Å². The number of methoxy groups -OCH3 is 2. The number of hydrogen-bond acceptors (Lipinski definition) is 4. The van der Waals surface area contributed by atoms with Crippen LogP contribution < -0.4 is 14.8 Å². The van der Waals surface area contributed by atoms with Crippen LogP contribution in [0, 0.1) is 0 Å². The summed E-state index contributed by atoms with van der Waals surface area (Å²) >= 11 is 1.75. The van der Waals surface area contributed by atoms with E-state index < -0.39 is 0 Å². The number of benzene rings is 2. The standard InChI is InChI=1S/C17H21NO2S/c1-18-17(15-7-5-6-8-16(15)21-4)12-9-13(19-2)11-14(10-12)20-3/h5-11,17-18H,1-4H3. The molecule has 0 amide bonds. The summed E-state index contributed by atoms with van der Waals surface area (Å²) in [5.41, 5.74) is 2.37. The van der Waals surface area contributed by atoms with Crippen molar-refractivity contribution in [2.45, 2.75) is 10.9 Å². The number of ether oxygens (including phenoxy) is 2. The summed E-state index contributed by atoms with van der Waals surface area (Å²) in [4.78, 5) is 1.26. The third kappa shape index (κ3) is 3.52. The molecule has 0 aliphatic heterocycles. The first-order valence-corrected chi connectivity index (χ1v) is 7.99. The van der Waals surface area contributed by atoms with Crippen LogP contribution >= 0.6 is 11.8 Å². The fraction of sp³-hybridized carbons (Fsp3) is 0.294. The summed E-state index contributed by atoms with van der Waals surface area (Å²) in [6.45, 7) is 0. The van der Waals surface area contributed by atoms with Crippen LogP contribution in [0.25, 0.3) is 0 Å². The van der Waals surface area contributed by atoms with E-state index >= 15 is 0 Å². The van der Waals surface area contributed by atoms with Crippen LogP contribution in [0.2, 0.25) is 0 Å². The van der Waals surface area contributed by atoms with Crippen LogP contribution in [-0.4, -0.2) is 27.5 Å². The smallest absolute Gasteiger partial charge is 0.122 e. The number of thioether (sulfide) groups is 1. The van der Waals surface area contributed by atoms with E-state index in [1.165, 1.54) is 10.5 Å². The molecule has 0 fully saturated rings. The highest BCUT2D eigenvalue weighted by molar-refractivity contribution is 7.98. The van der Waals surface area contributed by atoms with Crippen molar-refractivity contribution < 1.29 is 9.47 Å². The van der Waals surface area contributed by atoms with Crippen molar-refractivity contribution in [3.8, 4) is 11.5 Å². The lowest BCUT2D eigenvalue weighted by molar-refractivity contribution is 0.392. The van der Waals surface area contributed by atoms with Crippen molar-refractivity contribution in [1.82, 2.24) is 5.32 Å². The van der Waals surface area contributed by atoms with Gasteiger partial charge in [-0.05, 0) is 42.6 Å². The summed E-state index contributed by atoms with van der Waals surface area (Å²) in [5.74, 6) is 1.59. The molecule has 2 aromatic rings. The van der Waals surface area contributed by atoms with Gasteiger partial charge in [0.2, 0.25) is 0 Å². The minimum absolute atomic E-state index is 0.0950. The Morgan fingerprint density at radius 1 is 1.00 bits per heavy atom. The Hall–Kier alpha value is -1.65. The van der Waals surface area contributed by atoms with Crippen LogP contribution in [0.4, 0.5) is 0 Å². The van der Waals surface area contributed by atoms with Gasteiger partial charge in [-0.2, -0.15) is 0 Å². The summed E-state index contributed by atoms with van der Waals surface area (Å²) in [5, 5.41) is 3.39. The summed E-state index contributed by atoms with van der Waals surface area (Å²) in [7, 11) is 5.30. The average molecular weight is 303 g/mol. The highest BCUT2D eigenvalue weighted by Gasteiger charge is 2.17. The van der Waals surface area contributed by atoms with Crippen LogP contribution in [-0.2, 0) is 0 Å². The minimum Gasteiger partial charge on any atom is -0.497 e. The summed E-state index contributed by atoms with van der Waals surface area (Å²) in [6.07, 6.45) is 2.09. The maximum Gasteiger partial charge on any atom is 0.122 e. The zero-order valence-corrected chi connectivity index (χ0v) is 13.7. The molecule has 2 aromatic carbocycles. The Kier molecular flexibility index (Phi) is 5.53. The highest BCUT2D eigenvalue weighted by Crippen LogP contribution is 2.33. The van der Waals surface area contributed by atoms with Gasteiger partial charge in [0.1, 0.15) is 11.5 Å². The molecule has 0 heterocycles. The normalized spacial score (nSPS) is 12.0. The van der Waals surface area contributed by atoms with Crippen molar-refractivity contribution in [3.63, 3.8) is 0 Å². The fourth-order valence-electron chi connectivity index (χ4n) is 2.40. The molecule has 0 spiro atoms. The van der Waals surface area contributed by atoms with Crippen LogP contribution in [0.5, 0.6) is 11.5 Å². The average Bonchev–Trinajstić information content (AvgIpc) is 2.55. The molecule has 0 saturated carbocycles. The van der Waals surface area contributed by atoms with E-state index in [-0.39, 0.29) is 6.04 Å². The monoisotopic (exact) mass is 303 g/mol. The Balaban J connectivity index is 2.50. The van der Waals surface area contributed by atoms with Gasteiger partial charge in [0.15, 0.2) is 0 Å². The van der Waals surface area contributed by atoms with Gasteiger partial charge < -0.3 is 14.8 Å². The van der Waals surface area contributed by atoms with Crippen molar-refractivity contribution in [3.05, 3.63) is 53.6 Å². The van der Waals surface area contributed by atoms with E-state index in [0.29, 0.717) is 0 Å². The third-order valence-electron chi connectivity index (χ3n) is 3.45. The van der Waals surface area contributed by atoms with Crippen LogP contribution in [0.1, 0.15) is 17.2 Å². The van der Waals surface area contributed by atoms with Gasteiger partial charge in [0, 0.05) is 11.0 Å². The summed E-state index contributed by atoms with van der Waals surface area (Å²) in [6, 6.07) is 14.5. The van der Waals surface area contributed by atoms with Gasteiger partial charge in [-0.25, -0.2) is 0 Å². The van der Waals surface area contributed by atoms with E-state index in [1.54, 1.807) is 26.0 Å². The third-order valence-corrected chi connectivity index (χ3v) is 4.26. The molecule has 0 aliphatic rings. The molecule has 0 radical (unpaired) electrons. The fourth-order valence-corrected chi connectivity index (χ4v) is 3.04. The van der Waals surface area contributed by atoms with Gasteiger partial charge >= 0.3 is 0 Å². The Morgan fingerprint density at radius 2 is 1.62 bits per heavy atom. The molecular formula is C17H21NO2S.